The predicted octanol–water partition coefficient (Wildman–Crippen LogP) is 5.55. The van der Waals surface area contributed by atoms with Crippen LogP contribution in [0.2, 0.25) is 5.02 Å². The molecule has 36 heavy (non-hydrogen) atoms. The van der Waals surface area contributed by atoms with Gasteiger partial charge in [-0.25, -0.2) is 4.98 Å². The van der Waals surface area contributed by atoms with Crippen LogP contribution in [0.4, 0.5) is 23.1 Å². The number of aryl methyl sites for hydroxylation is 2. The number of likely N-dealkylation sites (tertiary alicyclic amines) is 1. The second-order valence-electron chi connectivity index (χ2n) is 10.1. The minimum atomic E-state index is -0.00595. The van der Waals surface area contributed by atoms with E-state index >= 15 is 0 Å². The fraction of sp³-hybridized carbons (Fsp3) is 0.393. The number of hydrogen-bond donors (Lipinski definition) is 2. The topological polar surface area (TPSA) is 73.4 Å². The summed E-state index contributed by atoms with van der Waals surface area (Å²) in [5, 5.41) is 7.02. The van der Waals surface area contributed by atoms with Gasteiger partial charge in [-0.05, 0) is 86.5 Å². The number of carbonyl (C=O) groups is 1. The Balaban J connectivity index is 1.19. The highest BCUT2D eigenvalue weighted by molar-refractivity contribution is 6.33. The summed E-state index contributed by atoms with van der Waals surface area (Å²) in [7, 11) is 1.80. The molecular formula is C28H31ClN6O. The lowest BCUT2D eigenvalue weighted by molar-refractivity contribution is 0.0817. The van der Waals surface area contributed by atoms with Crippen LogP contribution < -0.4 is 10.6 Å². The summed E-state index contributed by atoms with van der Waals surface area (Å²) in [6, 6.07) is 13.1. The minimum Gasteiger partial charge on any atom is -0.338 e. The van der Waals surface area contributed by atoms with Crippen LogP contribution in [0, 0.1) is 0 Å². The molecule has 3 aliphatic rings. The summed E-state index contributed by atoms with van der Waals surface area (Å²) in [5.74, 6) is 0.920. The molecule has 2 aromatic carbocycles. The van der Waals surface area contributed by atoms with Crippen molar-refractivity contribution in [2.75, 3.05) is 30.8 Å². The van der Waals surface area contributed by atoms with Crippen molar-refractivity contribution in [3.05, 3.63) is 69.9 Å². The zero-order valence-electron chi connectivity index (χ0n) is 20.6. The van der Waals surface area contributed by atoms with Crippen molar-refractivity contribution < 1.29 is 4.79 Å². The number of rotatable bonds is 5. The van der Waals surface area contributed by atoms with Crippen LogP contribution in [0.25, 0.3) is 0 Å². The maximum atomic E-state index is 12.6. The highest BCUT2D eigenvalue weighted by Crippen LogP contribution is 2.33. The Kier molecular flexibility index (Phi) is 6.27. The third kappa shape index (κ3) is 4.53. The SMILES string of the molecule is CN1Cc2cccc(Nc3nc(Nc4ccc5c(c4)CC[C@@H](N4CCCC4)CC5)ncc3Cl)c2C1=O. The molecule has 2 aliphatic heterocycles. The zero-order chi connectivity index (χ0) is 24.6. The van der Waals surface area contributed by atoms with Crippen molar-refractivity contribution in [1.82, 2.24) is 19.8 Å². The number of anilines is 4. The van der Waals surface area contributed by atoms with Crippen molar-refractivity contribution >= 4 is 40.6 Å². The molecule has 1 aromatic heterocycles. The fourth-order valence-electron chi connectivity index (χ4n) is 5.82. The van der Waals surface area contributed by atoms with Crippen LogP contribution in [0.15, 0.2) is 42.6 Å². The zero-order valence-corrected chi connectivity index (χ0v) is 21.3. The van der Waals surface area contributed by atoms with E-state index in [1.54, 1.807) is 18.1 Å². The Hall–Kier alpha value is -3.16. The van der Waals surface area contributed by atoms with Crippen LogP contribution in [-0.4, -0.2) is 51.9 Å². The van der Waals surface area contributed by atoms with Gasteiger partial charge in [0.15, 0.2) is 5.82 Å². The van der Waals surface area contributed by atoms with Gasteiger partial charge < -0.3 is 20.4 Å². The number of aromatic nitrogens is 2. The average molecular weight is 503 g/mol. The average Bonchev–Trinajstić information content (AvgIpc) is 3.45. The van der Waals surface area contributed by atoms with Gasteiger partial charge >= 0.3 is 0 Å². The normalized spacial score (nSPS) is 19.7. The first kappa shape index (κ1) is 23.3. The molecule has 1 saturated heterocycles. The summed E-state index contributed by atoms with van der Waals surface area (Å²) in [4.78, 5) is 26.1. The number of amides is 1. The van der Waals surface area contributed by atoms with Crippen LogP contribution in [0.1, 0.15) is 52.7 Å². The molecule has 0 radical (unpaired) electrons. The molecule has 0 unspecified atom stereocenters. The number of nitrogens with zero attached hydrogens (tertiary/aromatic N) is 4. The van der Waals surface area contributed by atoms with Crippen molar-refractivity contribution in [3.63, 3.8) is 0 Å². The van der Waals surface area contributed by atoms with Crippen LogP contribution in [0.3, 0.4) is 0 Å². The molecule has 3 aromatic rings. The maximum absolute atomic E-state index is 12.6. The number of carbonyl (C=O) groups excluding carboxylic acids is 1. The van der Waals surface area contributed by atoms with E-state index in [1.165, 1.54) is 49.9 Å². The van der Waals surface area contributed by atoms with Gasteiger partial charge in [-0.2, -0.15) is 4.98 Å². The van der Waals surface area contributed by atoms with Gasteiger partial charge in [-0.3, -0.25) is 4.79 Å². The molecular weight excluding hydrogens is 472 g/mol. The molecule has 1 atom stereocenters. The molecule has 0 spiro atoms. The number of hydrogen-bond acceptors (Lipinski definition) is 6. The predicted molar refractivity (Wildman–Crippen MR) is 144 cm³/mol. The maximum Gasteiger partial charge on any atom is 0.256 e. The van der Waals surface area contributed by atoms with E-state index in [0.29, 0.717) is 40.6 Å². The van der Waals surface area contributed by atoms with Gasteiger partial charge in [0.2, 0.25) is 5.95 Å². The third-order valence-corrected chi connectivity index (χ3v) is 8.01. The van der Waals surface area contributed by atoms with E-state index in [-0.39, 0.29) is 5.91 Å². The van der Waals surface area contributed by atoms with Gasteiger partial charge in [0, 0.05) is 25.3 Å². The van der Waals surface area contributed by atoms with Crippen LogP contribution in [0.5, 0.6) is 0 Å². The minimum absolute atomic E-state index is 0.00595. The van der Waals surface area contributed by atoms with Gasteiger partial charge in [0.25, 0.3) is 5.91 Å². The first-order chi connectivity index (χ1) is 17.5. The molecule has 186 valence electrons. The number of benzene rings is 2. The lowest BCUT2D eigenvalue weighted by Crippen LogP contribution is -2.32. The summed E-state index contributed by atoms with van der Waals surface area (Å²) >= 11 is 6.43. The van der Waals surface area contributed by atoms with Crippen LogP contribution >= 0.6 is 11.6 Å². The quantitative estimate of drug-likeness (QED) is 0.446. The Labute approximate surface area is 216 Å². The summed E-state index contributed by atoms with van der Waals surface area (Å²) in [6.45, 7) is 3.12. The molecule has 2 N–H and O–H groups in total. The van der Waals surface area contributed by atoms with Gasteiger partial charge in [-0.15, -0.1) is 0 Å². The Morgan fingerprint density at radius 3 is 2.64 bits per heavy atom. The fourth-order valence-corrected chi connectivity index (χ4v) is 5.96. The molecule has 3 heterocycles. The third-order valence-electron chi connectivity index (χ3n) is 7.73. The second kappa shape index (κ2) is 9.71. The van der Waals surface area contributed by atoms with Crippen molar-refractivity contribution in [2.45, 2.75) is 51.1 Å². The molecule has 1 fully saturated rings. The van der Waals surface area contributed by atoms with E-state index < -0.39 is 0 Å². The van der Waals surface area contributed by atoms with Crippen LogP contribution in [-0.2, 0) is 19.4 Å². The molecule has 7 nitrogen and oxygen atoms in total. The lowest BCUT2D eigenvalue weighted by atomic mass is 10.0. The van der Waals surface area contributed by atoms with E-state index in [4.69, 9.17) is 11.6 Å². The Bertz CT molecular complexity index is 1310. The van der Waals surface area contributed by atoms with Gasteiger partial charge in [0.05, 0.1) is 17.4 Å². The van der Waals surface area contributed by atoms with Gasteiger partial charge in [-0.1, -0.05) is 29.8 Å². The Morgan fingerprint density at radius 1 is 1.00 bits per heavy atom. The number of fused-ring (bicyclic) bond motifs is 2. The van der Waals surface area contributed by atoms with Gasteiger partial charge in [0.1, 0.15) is 5.02 Å². The molecule has 1 aliphatic carbocycles. The van der Waals surface area contributed by atoms with Crippen molar-refractivity contribution in [1.29, 1.82) is 0 Å². The first-order valence-corrected chi connectivity index (χ1v) is 13.2. The van der Waals surface area contributed by atoms with E-state index in [1.807, 2.05) is 18.2 Å². The molecule has 8 heteroatoms. The van der Waals surface area contributed by atoms with E-state index in [2.05, 4.69) is 43.7 Å². The standard InChI is InChI=1S/C28H31ClN6O/c1-34-17-20-5-4-6-24(25(20)27(34)36)32-26-23(29)16-30-28(33-26)31-21-10-7-18-8-11-22(12-9-19(18)15-21)35-13-2-3-14-35/h4-7,10,15-16,22H,2-3,8-9,11-14,17H2,1H3,(H2,30,31,32,33)/t22-/m0/s1. The van der Waals surface area contributed by atoms with E-state index in [0.717, 1.165) is 24.1 Å². The lowest BCUT2D eigenvalue weighted by Gasteiger charge is -2.25. The largest absolute Gasteiger partial charge is 0.338 e. The first-order valence-electron chi connectivity index (χ1n) is 12.8. The number of nitrogens with one attached hydrogen (secondary N) is 2. The second-order valence-corrected chi connectivity index (χ2v) is 10.5. The summed E-state index contributed by atoms with van der Waals surface area (Å²) < 4.78 is 0. The molecule has 1 amide bonds. The molecule has 0 bridgehead atoms. The summed E-state index contributed by atoms with van der Waals surface area (Å²) in [5.41, 5.74) is 6.20. The van der Waals surface area contributed by atoms with Crippen molar-refractivity contribution in [2.24, 2.45) is 0 Å². The Morgan fingerprint density at radius 2 is 1.81 bits per heavy atom. The highest BCUT2D eigenvalue weighted by atomic mass is 35.5. The molecule has 6 rings (SSSR count). The molecule has 0 saturated carbocycles. The monoisotopic (exact) mass is 502 g/mol. The van der Waals surface area contributed by atoms with E-state index in [9.17, 15) is 4.79 Å². The highest BCUT2D eigenvalue weighted by Gasteiger charge is 2.28. The van der Waals surface area contributed by atoms with Crippen molar-refractivity contribution in [3.8, 4) is 0 Å². The smallest absolute Gasteiger partial charge is 0.256 e. The summed E-state index contributed by atoms with van der Waals surface area (Å²) in [6.07, 6.45) is 8.97. The number of halogens is 1.